The quantitative estimate of drug-likeness (QED) is 0.412. The number of ether oxygens (including phenoxy) is 1. The van der Waals surface area contributed by atoms with E-state index in [1.54, 1.807) is 6.07 Å². The van der Waals surface area contributed by atoms with Gasteiger partial charge >= 0.3 is 5.97 Å². The molecule has 178 valence electrons. The summed E-state index contributed by atoms with van der Waals surface area (Å²) in [4.78, 5) is 23.1. The van der Waals surface area contributed by atoms with E-state index < -0.39 is 12.5 Å². The number of rotatable bonds is 11. The van der Waals surface area contributed by atoms with Gasteiger partial charge in [-0.15, -0.1) is 9.24 Å². The Hall–Kier alpha value is -0.750. The first-order chi connectivity index (χ1) is 14.4. The lowest BCUT2D eigenvalue weighted by Crippen LogP contribution is -2.30. The van der Waals surface area contributed by atoms with Gasteiger partial charge in [-0.3, -0.25) is 9.59 Å². The van der Waals surface area contributed by atoms with E-state index in [4.69, 9.17) is 9.84 Å². The third-order valence-electron chi connectivity index (χ3n) is 4.00. The van der Waals surface area contributed by atoms with Crippen molar-refractivity contribution in [2.24, 2.45) is 0 Å². The number of nitrogens with one attached hydrogen (secondary N) is 1. The first kappa shape index (κ1) is 30.2. The zero-order chi connectivity index (χ0) is 24.0. The molecule has 2 N–H and O–H groups in total. The first-order valence-corrected chi connectivity index (χ1v) is 13.5. The van der Waals surface area contributed by atoms with Gasteiger partial charge in [0.25, 0.3) is 5.91 Å². The maximum absolute atomic E-state index is 12.4. The number of hydrogen-bond donors (Lipinski definition) is 2. The van der Waals surface area contributed by atoms with Crippen molar-refractivity contribution in [3.63, 3.8) is 0 Å². The second-order valence-corrected chi connectivity index (χ2v) is 12.4. The van der Waals surface area contributed by atoms with E-state index in [1.165, 1.54) is 5.75 Å². The molecule has 0 saturated heterocycles. The van der Waals surface area contributed by atoms with Gasteiger partial charge in [0, 0.05) is 21.7 Å². The molecule has 8 heteroatoms. The van der Waals surface area contributed by atoms with Gasteiger partial charge < -0.3 is 15.2 Å². The Morgan fingerprint density at radius 2 is 1.87 bits per heavy atom. The van der Waals surface area contributed by atoms with Crippen LogP contribution in [0.2, 0.25) is 0 Å². The topological polar surface area (TPSA) is 75.6 Å². The van der Waals surface area contributed by atoms with Crippen LogP contribution in [0.25, 0.3) is 0 Å². The molecule has 0 spiro atoms. The first-order valence-electron chi connectivity index (χ1n) is 10.5. The Kier molecular flexibility index (Phi) is 15.6. The predicted octanol–water partition coefficient (Wildman–Crippen LogP) is 5.29. The average Bonchev–Trinajstić information content (AvgIpc) is 2.69. The van der Waals surface area contributed by atoms with E-state index in [1.807, 2.05) is 49.5 Å². The SMILES string of the molecule is CC(C)c1ccc(COCC(P)CSC(C)(C)C)cc1C(=O)NCC(=O)O.CCSC. The fourth-order valence-corrected chi connectivity index (χ4v) is 3.61. The fraction of sp³-hybridized carbons (Fsp3) is 0.652. The molecule has 5 nitrogen and oxygen atoms in total. The van der Waals surface area contributed by atoms with E-state index in [2.05, 4.69) is 48.5 Å². The van der Waals surface area contributed by atoms with Crippen LogP contribution in [0.15, 0.2) is 18.2 Å². The molecule has 1 amide bonds. The second kappa shape index (κ2) is 16.0. The van der Waals surface area contributed by atoms with E-state index >= 15 is 0 Å². The number of carbonyl (C=O) groups is 2. The highest BCUT2D eigenvalue weighted by atomic mass is 32.2. The van der Waals surface area contributed by atoms with E-state index in [9.17, 15) is 9.59 Å². The summed E-state index contributed by atoms with van der Waals surface area (Å²) in [6, 6.07) is 5.69. The molecule has 0 aliphatic rings. The molecule has 1 aromatic carbocycles. The lowest BCUT2D eigenvalue weighted by atomic mass is 9.95. The summed E-state index contributed by atoms with van der Waals surface area (Å²) in [6.45, 7) is 13.4. The summed E-state index contributed by atoms with van der Waals surface area (Å²) < 4.78 is 6.06. The van der Waals surface area contributed by atoms with Crippen molar-refractivity contribution in [3.8, 4) is 0 Å². The molecular weight excluding hydrogens is 449 g/mol. The summed E-state index contributed by atoms with van der Waals surface area (Å²) in [5, 5.41) is 11.2. The minimum Gasteiger partial charge on any atom is -0.480 e. The van der Waals surface area contributed by atoms with E-state index in [-0.39, 0.29) is 16.6 Å². The lowest BCUT2D eigenvalue weighted by Gasteiger charge is -2.20. The number of benzene rings is 1. The van der Waals surface area contributed by atoms with Crippen molar-refractivity contribution in [1.29, 1.82) is 0 Å². The monoisotopic (exact) mass is 489 g/mol. The molecular formula is C23H40NO4PS2. The van der Waals surface area contributed by atoms with Crippen LogP contribution in [0.4, 0.5) is 0 Å². The molecule has 31 heavy (non-hydrogen) atoms. The van der Waals surface area contributed by atoms with Gasteiger partial charge in [-0.2, -0.15) is 23.5 Å². The smallest absolute Gasteiger partial charge is 0.322 e. The van der Waals surface area contributed by atoms with Crippen molar-refractivity contribution in [3.05, 3.63) is 34.9 Å². The minimum absolute atomic E-state index is 0.163. The van der Waals surface area contributed by atoms with Crippen molar-refractivity contribution in [1.82, 2.24) is 5.32 Å². The standard InChI is InChI=1S/C20H32NO4PS.C3H8S/c1-13(2)16-7-6-14(8-17(16)19(24)21-9-18(22)23)10-25-11-15(26)12-27-20(3,4)5;1-3-4-2/h6-8,13,15H,9-12,26H2,1-5H3,(H,21,24)(H,22,23);3H2,1-2H3. The number of thioether (sulfide) groups is 2. The molecule has 0 aromatic heterocycles. The largest absolute Gasteiger partial charge is 0.480 e. The Balaban J connectivity index is 0.00000206. The third-order valence-corrected chi connectivity index (χ3v) is 6.81. The van der Waals surface area contributed by atoms with Crippen LogP contribution in [0.5, 0.6) is 0 Å². The van der Waals surface area contributed by atoms with Crippen LogP contribution in [-0.4, -0.2) is 58.3 Å². The Labute approximate surface area is 199 Å². The van der Waals surface area contributed by atoms with Gasteiger partial charge in [-0.1, -0.05) is 53.7 Å². The van der Waals surface area contributed by atoms with Gasteiger partial charge in [-0.25, -0.2) is 0 Å². The minimum atomic E-state index is -1.06. The molecule has 0 aliphatic heterocycles. The summed E-state index contributed by atoms with van der Waals surface area (Å²) >= 11 is 3.76. The fourth-order valence-electron chi connectivity index (χ4n) is 2.38. The van der Waals surface area contributed by atoms with E-state index in [0.29, 0.717) is 24.4 Å². The Morgan fingerprint density at radius 3 is 2.35 bits per heavy atom. The Morgan fingerprint density at radius 1 is 1.26 bits per heavy atom. The number of carboxylic acids is 1. The number of carboxylic acid groups (broad SMARTS) is 1. The normalized spacial score (nSPS) is 12.2. The number of hydrogen-bond acceptors (Lipinski definition) is 5. The molecule has 2 unspecified atom stereocenters. The van der Waals surface area contributed by atoms with Crippen LogP contribution in [0.1, 0.15) is 68.9 Å². The highest BCUT2D eigenvalue weighted by molar-refractivity contribution is 8.00. The molecule has 0 aliphatic carbocycles. The van der Waals surface area contributed by atoms with Gasteiger partial charge in [-0.05, 0) is 35.1 Å². The molecule has 1 aromatic rings. The lowest BCUT2D eigenvalue weighted by molar-refractivity contribution is -0.135. The van der Waals surface area contributed by atoms with Crippen molar-refractivity contribution in [2.45, 2.75) is 64.5 Å². The van der Waals surface area contributed by atoms with Gasteiger partial charge in [0.2, 0.25) is 0 Å². The second-order valence-electron chi connectivity index (χ2n) is 8.43. The van der Waals surface area contributed by atoms with Crippen molar-refractivity contribution >= 4 is 44.6 Å². The molecule has 0 radical (unpaired) electrons. The van der Waals surface area contributed by atoms with Gasteiger partial charge in [0.15, 0.2) is 0 Å². The zero-order valence-corrected chi connectivity index (χ0v) is 22.8. The highest BCUT2D eigenvalue weighted by Gasteiger charge is 2.16. The summed E-state index contributed by atoms with van der Waals surface area (Å²) in [5.74, 6) is 0.974. The third kappa shape index (κ3) is 14.8. The van der Waals surface area contributed by atoms with Crippen LogP contribution in [0, 0.1) is 0 Å². The predicted molar refractivity (Wildman–Crippen MR) is 140 cm³/mol. The van der Waals surface area contributed by atoms with E-state index in [0.717, 1.165) is 16.9 Å². The van der Waals surface area contributed by atoms with Crippen LogP contribution >= 0.6 is 32.8 Å². The number of carbonyl (C=O) groups excluding carboxylic acids is 1. The molecule has 0 fully saturated rings. The molecule has 0 heterocycles. The molecule has 0 saturated carbocycles. The van der Waals surface area contributed by atoms with Gasteiger partial charge in [0.05, 0.1) is 13.2 Å². The van der Waals surface area contributed by atoms with Crippen molar-refractivity contribution < 1.29 is 19.4 Å². The summed E-state index contributed by atoms with van der Waals surface area (Å²) in [6.07, 6.45) is 2.10. The van der Waals surface area contributed by atoms with Crippen LogP contribution in [-0.2, 0) is 16.1 Å². The zero-order valence-electron chi connectivity index (χ0n) is 20.0. The summed E-state index contributed by atoms with van der Waals surface area (Å²) in [5.41, 5.74) is 2.67. The Bertz CT molecular complexity index is 676. The maximum Gasteiger partial charge on any atom is 0.322 e. The molecule has 1 rings (SSSR count). The van der Waals surface area contributed by atoms with Crippen LogP contribution < -0.4 is 5.32 Å². The average molecular weight is 490 g/mol. The molecule has 0 bridgehead atoms. The van der Waals surface area contributed by atoms with Crippen molar-refractivity contribution in [2.75, 3.05) is 30.9 Å². The van der Waals surface area contributed by atoms with Crippen LogP contribution in [0.3, 0.4) is 0 Å². The maximum atomic E-state index is 12.4. The number of aliphatic carboxylic acids is 1. The summed E-state index contributed by atoms with van der Waals surface area (Å²) in [7, 11) is 2.82. The molecule has 2 atom stereocenters. The number of amides is 1. The van der Waals surface area contributed by atoms with Gasteiger partial charge in [0.1, 0.15) is 6.54 Å². The highest BCUT2D eigenvalue weighted by Crippen LogP contribution is 2.26.